The summed E-state index contributed by atoms with van der Waals surface area (Å²) < 4.78 is 0. The van der Waals surface area contributed by atoms with Crippen LogP contribution in [0.1, 0.15) is 27.0 Å². The first kappa shape index (κ1) is 15.8. The van der Waals surface area contributed by atoms with Gasteiger partial charge in [-0.15, -0.1) is 0 Å². The van der Waals surface area contributed by atoms with E-state index in [9.17, 15) is 14.7 Å². The van der Waals surface area contributed by atoms with Gasteiger partial charge < -0.3 is 15.2 Å². The Kier molecular flexibility index (Phi) is 4.83. The molecule has 5 heteroatoms. The van der Waals surface area contributed by atoms with E-state index in [1.807, 2.05) is 18.2 Å². The van der Waals surface area contributed by atoms with Crippen LogP contribution in [0.4, 0.5) is 5.69 Å². The van der Waals surface area contributed by atoms with Crippen molar-refractivity contribution in [3.63, 3.8) is 0 Å². The van der Waals surface area contributed by atoms with Crippen LogP contribution in [-0.2, 0) is 17.8 Å². The monoisotopic (exact) mass is 289 g/mol. The molecule has 0 atom stereocenters. The topological polar surface area (TPSA) is 69.2 Å². The average molecular weight is 289 g/mol. The Labute approximate surface area is 144 Å². The van der Waals surface area contributed by atoms with Gasteiger partial charge in [0.05, 0.1) is 0 Å². The van der Waals surface area contributed by atoms with Gasteiger partial charge in [-0.05, 0) is 23.3 Å². The van der Waals surface area contributed by atoms with Crippen LogP contribution in [0.3, 0.4) is 0 Å². The maximum absolute atomic E-state index is 12.6. The largest absolute Gasteiger partial charge is 1.00 e. The Hall–Kier alpha value is -1.62. The minimum atomic E-state index is -1.15. The number of ketones is 1. The zero-order chi connectivity index (χ0) is 14.1. The zero-order valence-electron chi connectivity index (χ0n) is 11.7. The van der Waals surface area contributed by atoms with Gasteiger partial charge in [0.1, 0.15) is 0 Å². The zero-order valence-corrected chi connectivity index (χ0v) is 13.7. The van der Waals surface area contributed by atoms with Gasteiger partial charge in [0.15, 0.2) is 5.78 Å². The maximum atomic E-state index is 12.6. The molecule has 0 aliphatic carbocycles. The molecule has 2 aromatic carbocycles. The van der Waals surface area contributed by atoms with Crippen LogP contribution in [0, 0.1) is 0 Å². The van der Waals surface area contributed by atoms with Gasteiger partial charge >= 0.3 is 29.6 Å². The molecule has 0 fully saturated rings. The molecule has 0 saturated heterocycles. The van der Waals surface area contributed by atoms with Crippen molar-refractivity contribution < 1.29 is 44.3 Å². The molecule has 0 aromatic heterocycles. The number of carbonyl (C=O) groups is 2. The summed E-state index contributed by atoms with van der Waals surface area (Å²) in [6, 6.07) is 12.5. The third-order valence-corrected chi connectivity index (χ3v) is 3.41. The molecular weight excluding hydrogens is 277 g/mol. The summed E-state index contributed by atoms with van der Waals surface area (Å²) in [7, 11) is 0. The first-order chi connectivity index (χ1) is 9.65. The molecule has 0 saturated carbocycles. The van der Waals surface area contributed by atoms with Crippen LogP contribution in [0.25, 0.3) is 0 Å². The quantitative estimate of drug-likeness (QED) is 0.658. The van der Waals surface area contributed by atoms with Gasteiger partial charge in [0.2, 0.25) is 0 Å². The van der Waals surface area contributed by atoms with Crippen molar-refractivity contribution in [2.75, 3.05) is 5.32 Å². The number of benzene rings is 2. The molecule has 0 bridgehead atoms. The predicted octanol–water partition coefficient (Wildman–Crippen LogP) is -1.86. The van der Waals surface area contributed by atoms with E-state index in [-0.39, 0.29) is 41.8 Å². The molecule has 0 unspecified atom stereocenters. The van der Waals surface area contributed by atoms with Gasteiger partial charge in [-0.3, -0.25) is 4.79 Å². The van der Waals surface area contributed by atoms with Crippen molar-refractivity contribution in [2.45, 2.75) is 13.0 Å². The third kappa shape index (κ3) is 3.18. The van der Waals surface area contributed by atoms with Crippen LogP contribution >= 0.6 is 0 Å². The van der Waals surface area contributed by atoms with Crippen molar-refractivity contribution in [3.05, 3.63) is 64.7 Å². The van der Waals surface area contributed by atoms with E-state index < -0.39 is 5.97 Å². The second-order valence-corrected chi connectivity index (χ2v) is 4.77. The van der Waals surface area contributed by atoms with Crippen LogP contribution in [-0.4, -0.2) is 11.8 Å². The van der Waals surface area contributed by atoms with E-state index in [4.69, 9.17) is 0 Å². The molecule has 1 N–H and O–H groups in total. The summed E-state index contributed by atoms with van der Waals surface area (Å²) >= 11 is 0. The van der Waals surface area contributed by atoms with Crippen molar-refractivity contribution in [1.82, 2.24) is 0 Å². The van der Waals surface area contributed by atoms with E-state index in [0.717, 1.165) is 11.3 Å². The van der Waals surface area contributed by atoms with E-state index in [0.29, 0.717) is 23.2 Å². The average Bonchev–Trinajstić information content (AvgIpc) is 2.57. The molecular formula is C16H12NNaO3. The second kappa shape index (κ2) is 6.43. The van der Waals surface area contributed by atoms with Crippen LogP contribution < -0.4 is 40.0 Å². The number of fused-ring (bicyclic) bond motifs is 2. The number of nitrogens with one attached hydrogen (secondary N) is 1. The summed E-state index contributed by atoms with van der Waals surface area (Å²) in [4.78, 5) is 23.2. The standard InChI is InChI=1S/C16H13NO3.Na/c18-15(19)8-10-5-6-14-13(7-10)16(20)12-4-2-1-3-11(12)9-17-14;/h1-7,17H,8-9H2,(H,18,19);/q;+1/p-1. The Balaban J connectivity index is 0.00000161. The molecule has 1 aliphatic heterocycles. The number of anilines is 1. The number of rotatable bonds is 2. The first-order valence-electron chi connectivity index (χ1n) is 6.34. The molecule has 2 aromatic rings. The smallest absolute Gasteiger partial charge is 0.550 e. The summed E-state index contributed by atoms with van der Waals surface area (Å²) in [6.45, 7) is 0.578. The van der Waals surface area contributed by atoms with Crippen molar-refractivity contribution in [2.24, 2.45) is 0 Å². The van der Waals surface area contributed by atoms with Crippen molar-refractivity contribution in [3.8, 4) is 0 Å². The van der Waals surface area contributed by atoms with Crippen molar-refractivity contribution in [1.29, 1.82) is 0 Å². The van der Waals surface area contributed by atoms with E-state index in [1.54, 1.807) is 24.3 Å². The number of carboxylic acid groups (broad SMARTS) is 1. The Bertz CT molecular complexity index is 712. The Morgan fingerprint density at radius 3 is 2.67 bits per heavy atom. The summed E-state index contributed by atoms with van der Waals surface area (Å²) in [5.41, 5.74) is 3.40. The first-order valence-corrected chi connectivity index (χ1v) is 6.34. The molecule has 21 heavy (non-hydrogen) atoms. The minimum absolute atomic E-state index is 0. The van der Waals surface area contributed by atoms with Crippen molar-refractivity contribution >= 4 is 17.4 Å². The van der Waals surface area contributed by atoms with Gasteiger partial charge in [0.25, 0.3) is 0 Å². The van der Waals surface area contributed by atoms with Gasteiger partial charge in [-0.25, -0.2) is 0 Å². The molecule has 3 rings (SSSR count). The molecule has 0 amide bonds. The Morgan fingerprint density at radius 2 is 1.90 bits per heavy atom. The van der Waals surface area contributed by atoms with Gasteiger partial charge in [0, 0.05) is 35.7 Å². The molecule has 1 heterocycles. The molecule has 1 aliphatic rings. The SMILES string of the molecule is O=C([O-])Cc1ccc2c(c1)C(=O)c1ccccc1CN2.[Na+]. The second-order valence-electron chi connectivity index (χ2n) is 4.77. The minimum Gasteiger partial charge on any atom is -0.550 e. The summed E-state index contributed by atoms with van der Waals surface area (Å²) in [5, 5.41) is 13.9. The fourth-order valence-electron chi connectivity index (χ4n) is 2.44. The summed E-state index contributed by atoms with van der Waals surface area (Å²) in [6.07, 6.45) is -0.192. The van der Waals surface area contributed by atoms with Crippen LogP contribution in [0.15, 0.2) is 42.5 Å². The van der Waals surface area contributed by atoms with Gasteiger partial charge in [-0.2, -0.15) is 0 Å². The van der Waals surface area contributed by atoms with E-state index in [1.165, 1.54) is 0 Å². The fourth-order valence-corrected chi connectivity index (χ4v) is 2.44. The summed E-state index contributed by atoms with van der Waals surface area (Å²) in [5.74, 6) is -1.24. The molecule has 4 nitrogen and oxygen atoms in total. The third-order valence-electron chi connectivity index (χ3n) is 3.41. The normalized spacial score (nSPS) is 12.3. The van der Waals surface area contributed by atoms with Crippen LogP contribution in [0.5, 0.6) is 0 Å². The molecule has 0 spiro atoms. The van der Waals surface area contributed by atoms with E-state index in [2.05, 4.69) is 5.32 Å². The van der Waals surface area contributed by atoms with Crippen LogP contribution in [0.2, 0.25) is 0 Å². The molecule has 0 radical (unpaired) electrons. The maximum Gasteiger partial charge on any atom is 1.00 e. The number of hydrogen-bond donors (Lipinski definition) is 1. The molecule has 100 valence electrons. The number of aliphatic carboxylic acids is 1. The number of carboxylic acids is 1. The fraction of sp³-hybridized carbons (Fsp3) is 0.125. The Morgan fingerprint density at radius 1 is 1.14 bits per heavy atom. The van der Waals surface area contributed by atoms with Gasteiger partial charge in [-0.1, -0.05) is 30.3 Å². The number of hydrogen-bond acceptors (Lipinski definition) is 4. The number of carbonyl (C=O) groups excluding carboxylic acids is 2. The predicted molar refractivity (Wildman–Crippen MR) is 72.4 cm³/mol. The van der Waals surface area contributed by atoms with E-state index >= 15 is 0 Å².